The molecule has 2 heterocycles. The molecule has 8 heteroatoms. The van der Waals surface area contributed by atoms with E-state index in [1.807, 2.05) is 13.8 Å². The van der Waals surface area contributed by atoms with E-state index in [4.69, 9.17) is 9.47 Å². The normalized spacial score (nSPS) is 15.6. The summed E-state index contributed by atoms with van der Waals surface area (Å²) in [6.07, 6.45) is 1.60. The number of benzene rings is 1. The molecule has 2 aromatic rings. The van der Waals surface area contributed by atoms with Crippen LogP contribution in [-0.2, 0) is 11.8 Å². The summed E-state index contributed by atoms with van der Waals surface area (Å²) in [5, 5.41) is 6.97. The maximum Gasteiger partial charge on any atom is 0.262 e. The first kappa shape index (κ1) is 20.7. The van der Waals surface area contributed by atoms with Gasteiger partial charge >= 0.3 is 0 Å². The minimum atomic E-state index is -0.638. The van der Waals surface area contributed by atoms with E-state index in [0.29, 0.717) is 35.8 Å². The molecule has 0 saturated carbocycles. The van der Waals surface area contributed by atoms with Crippen molar-refractivity contribution in [2.24, 2.45) is 18.4 Å². The van der Waals surface area contributed by atoms with Crippen LogP contribution in [0.5, 0.6) is 11.6 Å². The molecular formula is C21H28N4O4. The van der Waals surface area contributed by atoms with Gasteiger partial charge in [0, 0.05) is 25.5 Å². The SMILES string of the molecule is COc1nn(C)cc1C(=O)Nc1ccc2c(c1)N(CC(C)C)C(=O)C(C)(C)CO2. The summed E-state index contributed by atoms with van der Waals surface area (Å²) in [7, 11) is 3.19. The van der Waals surface area contributed by atoms with Crippen molar-refractivity contribution in [2.45, 2.75) is 27.7 Å². The number of methoxy groups -OCH3 is 1. The van der Waals surface area contributed by atoms with Gasteiger partial charge < -0.3 is 19.7 Å². The number of anilines is 2. The number of fused-ring (bicyclic) bond motifs is 1. The van der Waals surface area contributed by atoms with Crippen LogP contribution < -0.4 is 19.7 Å². The second-order valence-corrected chi connectivity index (χ2v) is 8.34. The van der Waals surface area contributed by atoms with Crippen LogP contribution in [0.2, 0.25) is 0 Å². The predicted octanol–water partition coefficient (Wildman–Crippen LogP) is 3.09. The molecule has 0 atom stereocenters. The highest BCUT2D eigenvalue weighted by Crippen LogP contribution is 2.38. The Balaban J connectivity index is 1.94. The Morgan fingerprint density at radius 3 is 2.76 bits per heavy atom. The number of nitrogens with one attached hydrogen (secondary N) is 1. The molecule has 1 aliphatic rings. The third-order valence-electron chi connectivity index (χ3n) is 4.70. The highest BCUT2D eigenvalue weighted by molar-refractivity contribution is 6.06. The van der Waals surface area contributed by atoms with Gasteiger partial charge in [-0.25, -0.2) is 0 Å². The van der Waals surface area contributed by atoms with Crippen molar-refractivity contribution in [1.29, 1.82) is 0 Å². The quantitative estimate of drug-likeness (QED) is 0.834. The fraction of sp³-hybridized carbons (Fsp3) is 0.476. The molecule has 29 heavy (non-hydrogen) atoms. The molecule has 0 spiro atoms. The summed E-state index contributed by atoms with van der Waals surface area (Å²) < 4.78 is 12.6. The van der Waals surface area contributed by atoms with E-state index in [2.05, 4.69) is 24.3 Å². The maximum absolute atomic E-state index is 13.1. The summed E-state index contributed by atoms with van der Waals surface area (Å²) >= 11 is 0. The highest BCUT2D eigenvalue weighted by atomic mass is 16.5. The largest absolute Gasteiger partial charge is 0.490 e. The number of hydrogen-bond donors (Lipinski definition) is 1. The average Bonchev–Trinajstić information content (AvgIpc) is 3.01. The van der Waals surface area contributed by atoms with Crippen molar-refractivity contribution in [2.75, 3.05) is 30.5 Å². The molecule has 8 nitrogen and oxygen atoms in total. The molecule has 0 unspecified atom stereocenters. The Kier molecular flexibility index (Phi) is 5.55. The zero-order valence-electron chi connectivity index (χ0n) is 17.8. The van der Waals surface area contributed by atoms with Gasteiger partial charge in [-0.05, 0) is 38.0 Å². The number of ether oxygens (including phenoxy) is 2. The van der Waals surface area contributed by atoms with E-state index in [0.717, 1.165) is 0 Å². The summed E-state index contributed by atoms with van der Waals surface area (Å²) in [5.41, 5.74) is 0.910. The van der Waals surface area contributed by atoms with Crippen LogP contribution >= 0.6 is 0 Å². The number of rotatable bonds is 5. The van der Waals surface area contributed by atoms with E-state index >= 15 is 0 Å². The van der Waals surface area contributed by atoms with Crippen LogP contribution in [0.15, 0.2) is 24.4 Å². The minimum absolute atomic E-state index is 0.00218. The van der Waals surface area contributed by atoms with Gasteiger partial charge in [0.2, 0.25) is 11.8 Å². The average molecular weight is 400 g/mol. The molecule has 0 fully saturated rings. The van der Waals surface area contributed by atoms with E-state index in [9.17, 15) is 9.59 Å². The second kappa shape index (κ2) is 7.77. The van der Waals surface area contributed by atoms with Crippen LogP contribution in [0.25, 0.3) is 0 Å². The summed E-state index contributed by atoms with van der Waals surface area (Å²) in [5.74, 6) is 0.815. The highest BCUT2D eigenvalue weighted by Gasteiger charge is 2.38. The predicted molar refractivity (Wildman–Crippen MR) is 111 cm³/mol. The monoisotopic (exact) mass is 400 g/mol. The molecule has 0 aliphatic carbocycles. The number of aryl methyl sites for hydroxylation is 1. The number of aromatic nitrogens is 2. The van der Waals surface area contributed by atoms with Gasteiger partial charge in [0.1, 0.15) is 17.9 Å². The molecule has 1 aromatic heterocycles. The fourth-order valence-corrected chi connectivity index (χ4v) is 3.24. The van der Waals surface area contributed by atoms with Gasteiger partial charge in [-0.15, -0.1) is 5.10 Å². The van der Waals surface area contributed by atoms with Gasteiger partial charge in [-0.2, -0.15) is 0 Å². The zero-order valence-corrected chi connectivity index (χ0v) is 17.8. The Labute approximate surface area is 170 Å². The molecule has 2 amide bonds. The Bertz CT molecular complexity index is 933. The van der Waals surface area contributed by atoms with E-state index in [-0.39, 0.29) is 23.6 Å². The van der Waals surface area contributed by atoms with Gasteiger partial charge in [0.05, 0.1) is 18.2 Å². The van der Waals surface area contributed by atoms with Crippen LogP contribution in [-0.4, -0.2) is 41.9 Å². The topological polar surface area (TPSA) is 85.7 Å². The number of carbonyl (C=O) groups excluding carboxylic acids is 2. The lowest BCUT2D eigenvalue weighted by molar-refractivity contribution is -0.127. The van der Waals surface area contributed by atoms with Gasteiger partial charge in [-0.1, -0.05) is 13.8 Å². The Morgan fingerprint density at radius 2 is 2.10 bits per heavy atom. The maximum atomic E-state index is 13.1. The third-order valence-corrected chi connectivity index (χ3v) is 4.70. The third kappa shape index (κ3) is 4.21. The van der Waals surface area contributed by atoms with Crippen molar-refractivity contribution in [3.63, 3.8) is 0 Å². The fourth-order valence-electron chi connectivity index (χ4n) is 3.24. The molecule has 1 aliphatic heterocycles. The Morgan fingerprint density at radius 1 is 1.38 bits per heavy atom. The Hall–Kier alpha value is -3.03. The molecule has 0 bridgehead atoms. The van der Waals surface area contributed by atoms with E-state index in [1.54, 1.807) is 36.3 Å². The van der Waals surface area contributed by atoms with Crippen molar-refractivity contribution < 1.29 is 19.1 Å². The molecule has 0 saturated heterocycles. The molecular weight excluding hydrogens is 372 g/mol. The lowest BCUT2D eigenvalue weighted by Gasteiger charge is -2.29. The smallest absolute Gasteiger partial charge is 0.262 e. The molecule has 1 aromatic carbocycles. The lowest BCUT2D eigenvalue weighted by Crippen LogP contribution is -2.43. The number of nitrogens with zero attached hydrogens (tertiary/aromatic N) is 3. The first-order valence-corrected chi connectivity index (χ1v) is 9.60. The number of hydrogen-bond acceptors (Lipinski definition) is 5. The van der Waals surface area contributed by atoms with Crippen molar-refractivity contribution >= 4 is 23.2 Å². The van der Waals surface area contributed by atoms with E-state index < -0.39 is 5.41 Å². The van der Waals surface area contributed by atoms with Crippen molar-refractivity contribution in [1.82, 2.24) is 9.78 Å². The summed E-state index contributed by atoms with van der Waals surface area (Å²) in [4.78, 5) is 27.6. The van der Waals surface area contributed by atoms with Crippen LogP contribution in [0, 0.1) is 11.3 Å². The zero-order chi connectivity index (χ0) is 21.3. The lowest BCUT2D eigenvalue weighted by atomic mass is 9.92. The van der Waals surface area contributed by atoms with Gasteiger partial charge in [0.25, 0.3) is 5.91 Å². The van der Waals surface area contributed by atoms with Gasteiger partial charge in [0.15, 0.2) is 0 Å². The van der Waals surface area contributed by atoms with E-state index in [1.165, 1.54) is 11.8 Å². The molecule has 1 N–H and O–H groups in total. The minimum Gasteiger partial charge on any atom is -0.490 e. The second-order valence-electron chi connectivity index (χ2n) is 8.34. The van der Waals surface area contributed by atoms with Crippen LogP contribution in [0.1, 0.15) is 38.1 Å². The molecule has 0 radical (unpaired) electrons. The standard InChI is InChI=1S/C21H28N4O4/c1-13(2)10-25-16-9-14(7-8-17(16)29-12-21(3,4)20(25)27)22-18(26)15-11-24(5)23-19(15)28-6/h7-9,11,13H,10,12H2,1-6H3,(H,22,26). The van der Waals surface area contributed by atoms with Crippen molar-refractivity contribution in [3.05, 3.63) is 30.0 Å². The summed E-state index contributed by atoms with van der Waals surface area (Å²) in [6, 6.07) is 5.32. The number of carbonyl (C=O) groups is 2. The molecule has 156 valence electrons. The number of amides is 2. The van der Waals surface area contributed by atoms with Crippen molar-refractivity contribution in [3.8, 4) is 11.6 Å². The first-order chi connectivity index (χ1) is 13.6. The first-order valence-electron chi connectivity index (χ1n) is 9.60. The van der Waals surface area contributed by atoms with Gasteiger partial charge in [-0.3, -0.25) is 14.3 Å². The summed E-state index contributed by atoms with van der Waals surface area (Å²) in [6.45, 7) is 8.74. The molecule has 3 rings (SSSR count). The van der Waals surface area contributed by atoms with Crippen LogP contribution in [0.3, 0.4) is 0 Å². The van der Waals surface area contributed by atoms with Crippen LogP contribution in [0.4, 0.5) is 11.4 Å².